The van der Waals surface area contributed by atoms with Crippen LogP contribution in [0.4, 0.5) is 0 Å². The largest absolute Gasteiger partial charge is 0.324 e. The Morgan fingerprint density at radius 3 is 2.71 bits per heavy atom. The first-order chi connectivity index (χ1) is 7.91. The molecule has 0 saturated carbocycles. The third-order valence-corrected chi connectivity index (χ3v) is 3.20. The average molecular weight is 252 g/mol. The van der Waals surface area contributed by atoms with Crippen molar-refractivity contribution in [1.29, 1.82) is 5.41 Å². The fourth-order valence-electron chi connectivity index (χ4n) is 1.82. The van der Waals surface area contributed by atoms with E-state index in [-0.39, 0.29) is 11.9 Å². The second kappa shape index (κ2) is 4.04. The van der Waals surface area contributed by atoms with Gasteiger partial charge in [-0.15, -0.1) is 0 Å². The summed E-state index contributed by atoms with van der Waals surface area (Å²) in [6, 6.07) is 7.43. The fraction of sp³-hybridized carbons (Fsp3) is 0.333. The Morgan fingerprint density at radius 2 is 2.18 bits per heavy atom. The maximum absolute atomic E-state index is 11.7. The Bertz CT molecular complexity index is 484. The minimum Gasteiger partial charge on any atom is -0.324 e. The molecule has 1 aromatic rings. The SMILES string of the molecule is CC1(C)C(=O)NC(=N)N1Cc1cccc(Cl)c1. The van der Waals surface area contributed by atoms with Crippen molar-refractivity contribution in [2.75, 3.05) is 0 Å². The lowest BCUT2D eigenvalue weighted by atomic mass is 10.0. The maximum atomic E-state index is 11.7. The predicted octanol–water partition coefficient (Wildman–Crippen LogP) is 1.99. The van der Waals surface area contributed by atoms with E-state index in [0.29, 0.717) is 11.6 Å². The number of benzene rings is 1. The molecular formula is C12H14ClN3O. The average Bonchev–Trinajstić information content (AvgIpc) is 2.42. The number of carbonyl (C=O) groups excluding carboxylic acids is 1. The van der Waals surface area contributed by atoms with Gasteiger partial charge in [0.1, 0.15) is 5.54 Å². The molecule has 2 N–H and O–H groups in total. The second-order valence-corrected chi connectivity index (χ2v) is 5.01. The number of hydrogen-bond acceptors (Lipinski definition) is 2. The van der Waals surface area contributed by atoms with Crippen molar-refractivity contribution >= 4 is 23.5 Å². The molecule has 90 valence electrons. The van der Waals surface area contributed by atoms with Crippen LogP contribution in [-0.4, -0.2) is 22.3 Å². The number of rotatable bonds is 2. The molecule has 0 unspecified atom stereocenters. The first kappa shape index (κ1) is 11.9. The fourth-order valence-corrected chi connectivity index (χ4v) is 2.04. The standard InChI is InChI=1S/C12H14ClN3O/c1-12(2)10(17)15-11(14)16(12)7-8-4-3-5-9(13)6-8/h3-6H,7H2,1-2H3,(H2,14,15,17). The zero-order valence-electron chi connectivity index (χ0n) is 9.75. The number of guanidine groups is 1. The van der Waals surface area contributed by atoms with Gasteiger partial charge in [-0.25, -0.2) is 0 Å². The third-order valence-electron chi connectivity index (χ3n) is 2.96. The molecule has 1 aliphatic rings. The van der Waals surface area contributed by atoms with E-state index in [9.17, 15) is 4.79 Å². The Kier molecular flexibility index (Phi) is 2.83. The molecule has 4 nitrogen and oxygen atoms in total. The molecule has 1 saturated heterocycles. The van der Waals surface area contributed by atoms with Gasteiger partial charge < -0.3 is 4.90 Å². The monoisotopic (exact) mass is 251 g/mol. The molecule has 17 heavy (non-hydrogen) atoms. The van der Waals surface area contributed by atoms with E-state index in [2.05, 4.69) is 5.32 Å². The highest BCUT2D eigenvalue weighted by atomic mass is 35.5. The molecule has 1 amide bonds. The van der Waals surface area contributed by atoms with Crippen molar-refractivity contribution in [3.8, 4) is 0 Å². The highest BCUT2D eigenvalue weighted by Gasteiger charge is 2.43. The normalized spacial score (nSPS) is 18.4. The van der Waals surface area contributed by atoms with Crippen molar-refractivity contribution in [3.63, 3.8) is 0 Å². The van der Waals surface area contributed by atoms with Crippen LogP contribution in [0.1, 0.15) is 19.4 Å². The number of hydrogen-bond donors (Lipinski definition) is 2. The van der Waals surface area contributed by atoms with Crippen LogP contribution in [0.25, 0.3) is 0 Å². The third kappa shape index (κ3) is 2.13. The lowest BCUT2D eigenvalue weighted by molar-refractivity contribution is -0.125. The van der Waals surface area contributed by atoms with E-state index in [0.717, 1.165) is 5.56 Å². The van der Waals surface area contributed by atoms with Gasteiger partial charge in [0, 0.05) is 11.6 Å². The van der Waals surface area contributed by atoms with Crippen LogP contribution in [0.3, 0.4) is 0 Å². The molecule has 1 heterocycles. The van der Waals surface area contributed by atoms with E-state index in [1.165, 1.54) is 0 Å². The first-order valence-electron chi connectivity index (χ1n) is 5.33. The van der Waals surface area contributed by atoms with Gasteiger partial charge in [-0.2, -0.15) is 0 Å². The maximum Gasteiger partial charge on any atom is 0.252 e. The molecule has 0 radical (unpaired) electrons. The molecule has 0 bridgehead atoms. The van der Waals surface area contributed by atoms with Crippen LogP contribution in [0, 0.1) is 5.41 Å². The van der Waals surface area contributed by atoms with Crippen molar-refractivity contribution in [2.45, 2.75) is 25.9 Å². The van der Waals surface area contributed by atoms with E-state index in [1.54, 1.807) is 24.8 Å². The van der Waals surface area contributed by atoms with Gasteiger partial charge >= 0.3 is 0 Å². The summed E-state index contributed by atoms with van der Waals surface area (Å²) >= 11 is 5.91. The van der Waals surface area contributed by atoms with Gasteiger partial charge in [-0.1, -0.05) is 23.7 Å². The Labute approximate surface area is 105 Å². The van der Waals surface area contributed by atoms with E-state index in [4.69, 9.17) is 17.0 Å². The quantitative estimate of drug-likeness (QED) is 0.845. The minimum absolute atomic E-state index is 0.139. The van der Waals surface area contributed by atoms with Crippen LogP contribution in [0.5, 0.6) is 0 Å². The summed E-state index contributed by atoms with van der Waals surface area (Å²) in [4.78, 5) is 13.4. The molecule has 0 aromatic heterocycles. The summed E-state index contributed by atoms with van der Waals surface area (Å²) in [5.41, 5.74) is 0.284. The van der Waals surface area contributed by atoms with Crippen molar-refractivity contribution in [2.24, 2.45) is 0 Å². The molecule has 1 aliphatic heterocycles. The van der Waals surface area contributed by atoms with Crippen molar-refractivity contribution in [3.05, 3.63) is 34.9 Å². The molecule has 0 aliphatic carbocycles. The molecule has 1 aromatic carbocycles. The zero-order valence-corrected chi connectivity index (χ0v) is 10.5. The lowest BCUT2D eigenvalue weighted by Crippen LogP contribution is -2.43. The van der Waals surface area contributed by atoms with Gasteiger partial charge in [-0.05, 0) is 31.5 Å². The Morgan fingerprint density at radius 1 is 1.47 bits per heavy atom. The van der Waals surface area contributed by atoms with E-state index >= 15 is 0 Å². The second-order valence-electron chi connectivity index (χ2n) is 4.58. The van der Waals surface area contributed by atoms with Gasteiger partial charge in [-0.3, -0.25) is 15.5 Å². The summed E-state index contributed by atoms with van der Waals surface area (Å²) in [5.74, 6) is -0.00972. The van der Waals surface area contributed by atoms with Gasteiger partial charge in [0.05, 0.1) is 0 Å². The summed E-state index contributed by atoms with van der Waals surface area (Å²) in [6.07, 6.45) is 0. The summed E-state index contributed by atoms with van der Waals surface area (Å²) < 4.78 is 0. The Hall–Kier alpha value is -1.55. The van der Waals surface area contributed by atoms with Crippen LogP contribution in [0.2, 0.25) is 5.02 Å². The van der Waals surface area contributed by atoms with Crippen molar-refractivity contribution < 1.29 is 4.79 Å². The van der Waals surface area contributed by atoms with E-state index < -0.39 is 5.54 Å². The Balaban J connectivity index is 2.24. The van der Waals surface area contributed by atoms with Crippen molar-refractivity contribution in [1.82, 2.24) is 10.2 Å². The van der Waals surface area contributed by atoms with E-state index in [1.807, 2.05) is 18.2 Å². The predicted molar refractivity (Wildman–Crippen MR) is 66.9 cm³/mol. The highest BCUT2D eigenvalue weighted by molar-refractivity contribution is 6.30. The van der Waals surface area contributed by atoms with Gasteiger partial charge in [0.25, 0.3) is 5.91 Å². The first-order valence-corrected chi connectivity index (χ1v) is 5.71. The zero-order chi connectivity index (χ0) is 12.6. The molecular weight excluding hydrogens is 238 g/mol. The number of amides is 1. The lowest BCUT2D eigenvalue weighted by Gasteiger charge is -2.29. The van der Waals surface area contributed by atoms with Crippen LogP contribution in [0.15, 0.2) is 24.3 Å². The highest BCUT2D eigenvalue weighted by Crippen LogP contribution is 2.23. The number of nitrogens with one attached hydrogen (secondary N) is 2. The van der Waals surface area contributed by atoms with Gasteiger partial charge in [0.2, 0.25) is 0 Å². The minimum atomic E-state index is -0.695. The molecule has 0 spiro atoms. The molecule has 1 fully saturated rings. The number of nitrogens with zero attached hydrogens (tertiary/aromatic N) is 1. The molecule has 0 atom stereocenters. The summed E-state index contributed by atoms with van der Waals surface area (Å²) in [6.45, 7) is 4.09. The molecule has 5 heteroatoms. The van der Waals surface area contributed by atoms with Gasteiger partial charge in [0.15, 0.2) is 5.96 Å². The van der Waals surface area contributed by atoms with Crippen LogP contribution >= 0.6 is 11.6 Å². The molecule has 2 rings (SSSR count). The summed E-state index contributed by atoms with van der Waals surface area (Å²) in [7, 11) is 0. The van der Waals surface area contributed by atoms with Crippen LogP contribution in [-0.2, 0) is 11.3 Å². The van der Waals surface area contributed by atoms with Crippen LogP contribution < -0.4 is 5.32 Å². The number of carbonyl (C=O) groups is 1. The topological polar surface area (TPSA) is 56.2 Å². The number of halogens is 1. The summed E-state index contributed by atoms with van der Waals surface area (Å²) in [5, 5.41) is 10.9. The smallest absolute Gasteiger partial charge is 0.252 e.